The van der Waals surface area contributed by atoms with Crippen LogP contribution in [0.15, 0.2) is 30.3 Å². The molecule has 1 saturated heterocycles. The van der Waals surface area contributed by atoms with Crippen molar-refractivity contribution in [3.05, 3.63) is 41.6 Å². The Hall–Kier alpha value is -3.24. The number of ether oxygens (including phenoxy) is 2. The van der Waals surface area contributed by atoms with Gasteiger partial charge in [-0.05, 0) is 30.9 Å². The fourth-order valence-electron chi connectivity index (χ4n) is 3.35. The number of benzene rings is 1. The van der Waals surface area contributed by atoms with E-state index in [-0.39, 0.29) is 35.8 Å². The smallest absolute Gasteiger partial charge is 0.419 e. The SMILES string of the molecule is COC(=O)c1cc(NC(=O)N2CCC(COc3ccccc3C(F)(F)F)CC2)nn1C. The molecule has 31 heavy (non-hydrogen) atoms. The molecule has 1 aliphatic heterocycles. The van der Waals surface area contributed by atoms with Crippen molar-refractivity contribution in [2.24, 2.45) is 13.0 Å². The standard InChI is InChI=1S/C20H23F3N4O4/c1-26-15(18(28)30-2)11-17(25-26)24-19(29)27-9-7-13(8-10-27)12-31-16-6-4-3-5-14(16)20(21,22)23/h3-6,11,13H,7-10,12H2,1-2H3,(H,24,25,29). The molecule has 1 aromatic heterocycles. The van der Waals surface area contributed by atoms with Crippen molar-refractivity contribution in [2.45, 2.75) is 19.0 Å². The fourth-order valence-corrected chi connectivity index (χ4v) is 3.35. The summed E-state index contributed by atoms with van der Waals surface area (Å²) >= 11 is 0. The van der Waals surface area contributed by atoms with E-state index in [9.17, 15) is 22.8 Å². The number of rotatable bonds is 5. The number of carbonyl (C=O) groups is 2. The second kappa shape index (κ2) is 9.27. The van der Waals surface area contributed by atoms with Gasteiger partial charge in [0.25, 0.3) is 0 Å². The van der Waals surface area contributed by atoms with Crippen LogP contribution in [0.4, 0.5) is 23.8 Å². The van der Waals surface area contributed by atoms with Crippen LogP contribution >= 0.6 is 0 Å². The highest BCUT2D eigenvalue weighted by Crippen LogP contribution is 2.36. The summed E-state index contributed by atoms with van der Waals surface area (Å²) in [6, 6.07) is 6.18. The van der Waals surface area contributed by atoms with Crippen LogP contribution in [0.2, 0.25) is 0 Å². The minimum Gasteiger partial charge on any atom is -0.493 e. The van der Waals surface area contributed by atoms with Crippen LogP contribution in [0.1, 0.15) is 28.9 Å². The maximum absolute atomic E-state index is 13.1. The number of methoxy groups -OCH3 is 1. The number of aromatic nitrogens is 2. The zero-order chi connectivity index (χ0) is 22.6. The van der Waals surface area contributed by atoms with Gasteiger partial charge in [0.15, 0.2) is 5.82 Å². The Bertz CT molecular complexity index is 937. The van der Waals surface area contributed by atoms with E-state index in [0.29, 0.717) is 25.9 Å². The molecular weight excluding hydrogens is 417 g/mol. The molecule has 0 atom stereocenters. The first-order valence-electron chi connectivity index (χ1n) is 9.66. The van der Waals surface area contributed by atoms with Crippen LogP contribution in [0.5, 0.6) is 5.75 Å². The Balaban J connectivity index is 1.50. The Kier molecular flexibility index (Phi) is 6.71. The number of piperidine rings is 1. The molecule has 8 nitrogen and oxygen atoms in total. The molecule has 2 aromatic rings. The van der Waals surface area contributed by atoms with Gasteiger partial charge < -0.3 is 14.4 Å². The number of nitrogens with zero attached hydrogens (tertiary/aromatic N) is 3. The first-order valence-corrected chi connectivity index (χ1v) is 9.66. The molecule has 0 unspecified atom stereocenters. The second-order valence-corrected chi connectivity index (χ2v) is 7.20. The van der Waals surface area contributed by atoms with Gasteiger partial charge in [-0.3, -0.25) is 10.00 Å². The summed E-state index contributed by atoms with van der Waals surface area (Å²) in [5, 5.41) is 6.71. The summed E-state index contributed by atoms with van der Waals surface area (Å²) in [5.41, 5.74) is -0.596. The van der Waals surface area contributed by atoms with Crippen LogP contribution < -0.4 is 10.1 Å². The highest BCUT2D eigenvalue weighted by molar-refractivity contribution is 5.92. The van der Waals surface area contributed by atoms with Gasteiger partial charge in [-0.1, -0.05) is 12.1 Å². The van der Waals surface area contributed by atoms with Crippen molar-refractivity contribution in [1.29, 1.82) is 0 Å². The molecule has 2 heterocycles. The quantitative estimate of drug-likeness (QED) is 0.719. The normalized spacial score (nSPS) is 14.9. The predicted molar refractivity (Wildman–Crippen MR) is 105 cm³/mol. The van der Waals surface area contributed by atoms with Crippen LogP contribution in [0, 0.1) is 5.92 Å². The lowest BCUT2D eigenvalue weighted by Gasteiger charge is -2.31. The van der Waals surface area contributed by atoms with Crippen molar-refractivity contribution in [1.82, 2.24) is 14.7 Å². The van der Waals surface area contributed by atoms with Crippen molar-refractivity contribution in [3.63, 3.8) is 0 Å². The van der Waals surface area contributed by atoms with E-state index in [1.54, 1.807) is 11.9 Å². The number of anilines is 1. The van der Waals surface area contributed by atoms with Gasteiger partial charge in [0, 0.05) is 26.2 Å². The fraction of sp³-hybridized carbons (Fsp3) is 0.450. The number of carbonyl (C=O) groups excluding carboxylic acids is 2. The lowest BCUT2D eigenvalue weighted by atomic mass is 9.98. The van der Waals surface area contributed by atoms with Crippen molar-refractivity contribution in [3.8, 4) is 5.75 Å². The maximum atomic E-state index is 13.1. The number of aryl methyl sites for hydroxylation is 1. The summed E-state index contributed by atoms with van der Waals surface area (Å²) in [5.74, 6) is -0.497. The van der Waals surface area contributed by atoms with E-state index in [1.807, 2.05) is 0 Å². The van der Waals surface area contributed by atoms with Gasteiger partial charge in [0.2, 0.25) is 0 Å². The van der Waals surface area contributed by atoms with E-state index in [1.165, 1.54) is 36.1 Å². The molecule has 1 aromatic carbocycles. The average molecular weight is 440 g/mol. The lowest BCUT2D eigenvalue weighted by Crippen LogP contribution is -2.42. The zero-order valence-electron chi connectivity index (χ0n) is 17.1. The maximum Gasteiger partial charge on any atom is 0.419 e. The molecule has 168 valence electrons. The average Bonchev–Trinajstić information content (AvgIpc) is 3.11. The monoisotopic (exact) mass is 440 g/mol. The number of urea groups is 1. The molecule has 2 amide bonds. The van der Waals surface area contributed by atoms with Crippen molar-refractivity contribution in [2.75, 3.05) is 32.1 Å². The molecule has 0 spiro atoms. The number of amides is 2. The highest BCUT2D eigenvalue weighted by Gasteiger charge is 2.34. The van der Waals surface area contributed by atoms with Crippen molar-refractivity contribution >= 4 is 17.8 Å². The summed E-state index contributed by atoms with van der Waals surface area (Å²) in [6.45, 7) is 1.00. The van der Waals surface area contributed by atoms with Gasteiger partial charge in [0.05, 0.1) is 19.3 Å². The second-order valence-electron chi connectivity index (χ2n) is 7.20. The number of nitrogens with one attached hydrogen (secondary N) is 1. The molecule has 0 radical (unpaired) electrons. The van der Waals surface area contributed by atoms with E-state index in [2.05, 4.69) is 15.2 Å². The topological polar surface area (TPSA) is 85.7 Å². The molecular formula is C20H23F3N4O4. The minimum absolute atomic E-state index is 0.0334. The van der Waals surface area contributed by atoms with Crippen LogP contribution in [-0.2, 0) is 18.0 Å². The van der Waals surface area contributed by atoms with E-state index >= 15 is 0 Å². The minimum atomic E-state index is -4.47. The van der Waals surface area contributed by atoms with Gasteiger partial charge >= 0.3 is 18.2 Å². The molecule has 1 fully saturated rings. The number of halogens is 3. The Morgan fingerprint density at radius 1 is 1.23 bits per heavy atom. The Labute approximate surface area is 176 Å². The number of esters is 1. The first-order chi connectivity index (χ1) is 14.7. The number of para-hydroxylation sites is 1. The van der Waals surface area contributed by atoms with Crippen LogP contribution in [0.3, 0.4) is 0 Å². The van der Waals surface area contributed by atoms with Crippen LogP contribution in [0.25, 0.3) is 0 Å². The third-order valence-electron chi connectivity index (χ3n) is 5.08. The summed E-state index contributed by atoms with van der Waals surface area (Å²) < 4.78 is 50.6. The lowest BCUT2D eigenvalue weighted by molar-refractivity contribution is -0.139. The van der Waals surface area contributed by atoms with Gasteiger partial charge in [-0.15, -0.1) is 0 Å². The number of hydrogen-bond donors (Lipinski definition) is 1. The number of alkyl halides is 3. The van der Waals surface area contributed by atoms with Gasteiger partial charge in [0.1, 0.15) is 11.4 Å². The number of hydrogen-bond acceptors (Lipinski definition) is 5. The van der Waals surface area contributed by atoms with E-state index < -0.39 is 17.7 Å². The van der Waals surface area contributed by atoms with Crippen molar-refractivity contribution < 1.29 is 32.2 Å². The molecule has 1 N–H and O–H groups in total. The molecule has 3 rings (SSSR count). The molecule has 0 bridgehead atoms. The third-order valence-corrected chi connectivity index (χ3v) is 5.08. The Morgan fingerprint density at radius 3 is 2.55 bits per heavy atom. The third kappa shape index (κ3) is 5.47. The van der Waals surface area contributed by atoms with Crippen LogP contribution in [-0.4, -0.2) is 53.5 Å². The predicted octanol–water partition coefficient (Wildman–Crippen LogP) is 3.55. The molecule has 0 saturated carbocycles. The Morgan fingerprint density at radius 2 is 1.90 bits per heavy atom. The number of likely N-dealkylation sites (tertiary alicyclic amines) is 1. The largest absolute Gasteiger partial charge is 0.493 e. The summed E-state index contributed by atoms with van der Waals surface area (Å²) in [7, 11) is 2.81. The van der Waals surface area contributed by atoms with E-state index in [4.69, 9.17) is 4.74 Å². The first kappa shape index (κ1) is 22.4. The van der Waals surface area contributed by atoms with E-state index in [0.717, 1.165) is 6.07 Å². The molecule has 1 aliphatic rings. The molecule has 11 heteroatoms. The summed E-state index contributed by atoms with van der Waals surface area (Å²) in [6.07, 6.45) is -3.29. The summed E-state index contributed by atoms with van der Waals surface area (Å²) in [4.78, 5) is 25.7. The highest BCUT2D eigenvalue weighted by atomic mass is 19.4. The van der Waals surface area contributed by atoms with Gasteiger partial charge in [-0.2, -0.15) is 18.3 Å². The zero-order valence-corrected chi connectivity index (χ0v) is 17.1. The van der Waals surface area contributed by atoms with Gasteiger partial charge in [-0.25, -0.2) is 9.59 Å². The molecule has 0 aliphatic carbocycles.